The van der Waals surface area contributed by atoms with Gasteiger partial charge in [-0.2, -0.15) is 0 Å². The zero-order valence-electron chi connectivity index (χ0n) is 8.02. The van der Waals surface area contributed by atoms with Crippen LogP contribution in [0, 0.1) is 17.8 Å². The molecule has 4 rings (SSSR count). The minimum atomic E-state index is -0.123. The van der Waals surface area contributed by atoms with Crippen LogP contribution in [0.5, 0.6) is 0 Å². The molecule has 0 aromatic carbocycles. The van der Waals surface area contributed by atoms with E-state index in [-0.39, 0.29) is 9.75 Å². The Hall–Kier alpha value is 0.580. The summed E-state index contributed by atoms with van der Waals surface area (Å²) >= 11 is 13.3. The molecule has 13 heavy (non-hydrogen) atoms. The van der Waals surface area contributed by atoms with E-state index in [4.69, 9.17) is 23.2 Å². The molecule has 0 amide bonds. The minimum absolute atomic E-state index is 0.0662. The van der Waals surface area contributed by atoms with E-state index < -0.39 is 0 Å². The van der Waals surface area contributed by atoms with Crippen LogP contribution >= 0.6 is 23.2 Å². The van der Waals surface area contributed by atoms with Crippen LogP contribution in [0.15, 0.2) is 0 Å². The Balaban J connectivity index is 2.03. The lowest BCUT2D eigenvalue weighted by Crippen LogP contribution is -2.61. The van der Waals surface area contributed by atoms with Gasteiger partial charge >= 0.3 is 0 Å². The van der Waals surface area contributed by atoms with Crippen molar-refractivity contribution in [2.45, 2.75) is 48.8 Å². The number of hydrogen-bond acceptors (Lipinski definition) is 0. The minimum Gasteiger partial charge on any atom is -0.117 e. The average molecular weight is 219 g/mol. The molecule has 0 aliphatic heterocycles. The molecule has 0 heterocycles. The van der Waals surface area contributed by atoms with E-state index in [1.807, 2.05) is 0 Å². The summed E-state index contributed by atoms with van der Waals surface area (Å²) in [5.41, 5.74) is 0. The molecule has 4 bridgehead atoms. The topological polar surface area (TPSA) is 0 Å². The highest BCUT2D eigenvalue weighted by Crippen LogP contribution is 2.64. The van der Waals surface area contributed by atoms with Crippen LogP contribution in [-0.2, 0) is 0 Å². The Bertz CT molecular complexity index is 232. The summed E-state index contributed by atoms with van der Waals surface area (Å²) in [5, 5.41) is 0. The second kappa shape index (κ2) is 2.39. The summed E-state index contributed by atoms with van der Waals surface area (Å²) in [4.78, 5) is -0.189. The van der Waals surface area contributed by atoms with Crippen molar-refractivity contribution in [3.63, 3.8) is 0 Å². The lowest BCUT2D eigenvalue weighted by molar-refractivity contribution is 0.00279. The molecule has 4 aliphatic carbocycles. The Morgan fingerprint density at radius 1 is 1.00 bits per heavy atom. The van der Waals surface area contributed by atoms with Crippen LogP contribution in [0.25, 0.3) is 0 Å². The summed E-state index contributed by atoms with van der Waals surface area (Å²) in [6.45, 7) is 2.17. The van der Waals surface area contributed by atoms with Gasteiger partial charge in [0.1, 0.15) is 0 Å². The molecule has 4 saturated carbocycles. The summed E-state index contributed by atoms with van der Waals surface area (Å²) in [5.74, 6) is 2.47. The molecule has 0 aromatic rings. The smallest absolute Gasteiger partial charge is 0.0643 e. The number of alkyl halides is 2. The van der Waals surface area contributed by atoms with Crippen LogP contribution in [0.3, 0.4) is 0 Å². The Morgan fingerprint density at radius 2 is 1.54 bits per heavy atom. The first-order chi connectivity index (χ1) is 6.01. The maximum absolute atomic E-state index is 6.69. The zero-order valence-corrected chi connectivity index (χ0v) is 9.54. The first kappa shape index (κ1) is 8.85. The molecule has 2 heteroatoms. The van der Waals surface area contributed by atoms with E-state index in [1.54, 1.807) is 0 Å². The van der Waals surface area contributed by atoms with E-state index in [9.17, 15) is 0 Å². The third-order valence-electron chi connectivity index (χ3n) is 4.77. The maximum Gasteiger partial charge on any atom is 0.0643 e. The standard InChI is InChI=1S/C11H16Cl2/c1-10(12)9-3-7-2-8(4-9)6-11(10,13)5-7/h7-9H,2-6H2,1H3. The van der Waals surface area contributed by atoms with Crippen LogP contribution in [0.1, 0.15) is 39.0 Å². The normalized spacial score (nSPS) is 64.4. The van der Waals surface area contributed by atoms with Crippen LogP contribution < -0.4 is 0 Å². The first-order valence-corrected chi connectivity index (χ1v) is 6.15. The molecule has 0 radical (unpaired) electrons. The lowest BCUT2D eigenvalue weighted by Gasteiger charge is -2.61. The van der Waals surface area contributed by atoms with E-state index >= 15 is 0 Å². The van der Waals surface area contributed by atoms with Crippen molar-refractivity contribution in [1.82, 2.24) is 0 Å². The van der Waals surface area contributed by atoms with Gasteiger partial charge in [0, 0.05) is 0 Å². The lowest BCUT2D eigenvalue weighted by atomic mass is 9.51. The Kier molecular flexibility index (Phi) is 1.63. The van der Waals surface area contributed by atoms with Crippen molar-refractivity contribution >= 4 is 23.2 Å². The van der Waals surface area contributed by atoms with E-state index in [2.05, 4.69) is 6.92 Å². The van der Waals surface area contributed by atoms with Gasteiger partial charge in [-0.25, -0.2) is 0 Å². The fourth-order valence-electron chi connectivity index (χ4n) is 4.10. The summed E-state index contributed by atoms with van der Waals surface area (Å²) < 4.78 is 0. The molecule has 0 aromatic heterocycles. The largest absolute Gasteiger partial charge is 0.117 e. The first-order valence-electron chi connectivity index (χ1n) is 5.39. The van der Waals surface area contributed by atoms with Crippen molar-refractivity contribution in [1.29, 1.82) is 0 Å². The van der Waals surface area contributed by atoms with Gasteiger partial charge in [0.05, 0.1) is 9.75 Å². The van der Waals surface area contributed by atoms with Gasteiger partial charge in [-0.15, -0.1) is 23.2 Å². The second-order valence-electron chi connectivity index (χ2n) is 5.59. The van der Waals surface area contributed by atoms with Gasteiger partial charge in [-0.05, 0) is 56.8 Å². The molecular formula is C11H16Cl2. The van der Waals surface area contributed by atoms with Crippen molar-refractivity contribution in [3.05, 3.63) is 0 Å². The molecule has 0 N–H and O–H groups in total. The fraction of sp³-hybridized carbons (Fsp3) is 1.00. The predicted molar refractivity (Wildman–Crippen MR) is 56.4 cm³/mol. The quantitative estimate of drug-likeness (QED) is 0.543. The van der Waals surface area contributed by atoms with E-state index in [0.29, 0.717) is 5.92 Å². The van der Waals surface area contributed by atoms with Crippen molar-refractivity contribution in [3.8, 4) is 0 Å². The molecule has 3 atom stereocenters. The maximum atomic E-state index is 6.69. The van der Waals surface area contributed by atoms with Gasteiger partial charge in [0.2, 0.25) is 0 Å². The molecule has 4 aliphatic rings. The van der Waals surface area contributed by atoms with Gasteiger partial charge in [0.15, 0.2) is 0 Å². The summed E-state index contributed by atoms with van der Waals surface area (Å²) in [6, 6.07) is 0. The molecule has 0 saturated heterocycles. The van der Waals surface area contributed by atoms with Gasteiger partial charge in [0.25, 0.3) is 0 Å². The Labute approximate surface area is 90.0 Å². The van der Waals surface area contributed by atoms with Gasteiger partial charge in [-0.1, -0.05) is 0 Å². The Morgan fingerprint density at radius 3 is 2.00 bits per heavy atom. The molecule has 74 valence electrons. The number of hydrogen-bond donors (Lipinski definition) is 0. The van der Waals surface area contributed by atoms with Crippen molar-refractivity contribution < 1.29 is 0 Å². The van der Waals surface area contributed by atoms with E-state index in [0.717, 1.165) is 11.8 Å². The van der Waals surface area contributed by atoms with E-state index in [1.165, 1.54) is 32.1 Å². The molecule has 4 fully saturated rings. The fourth-order valence-corrected chi connectivity index (χ4v) is 5.03. The summed E-state index contributed by atoms with van der Waals surface area (Å²) in [7, 11) is 0. The number of rotatable bonds is 0. The van der Waals surface area contributed by atoms with Crippen LogP contribution in [-0.4, -0.2) is 9.75 Å². The van der Waals surface area contributed by atoms with Crippen molar-refractivity contribution in [2.75, 3.05) is 0 Å². The SMILES string of the molecule is CC1(Cl)C2CC3CC(C2)CC1(Cl)C3. The highest BCUT2D eigenvalue weighted by molar-refractivity contribution is 6.35. The van der Waals surface area contributed by atoms with Crippen molar-refractivity contribution in [2.24, 2.45) is 17.8 Å². The monoisotopic (exact) mass is 218 g/mol. The zero-order chi connectivity index (χ0) is 9.27. The third-order valence-corrected chi connectivity index (χ3v) is 6.24. The van der Waals surface area contributed by atoms with Gasteiger partial charge in [-0.3, -0.25) is 0 Å². The predicted octanol–water partition coefficient (Wildman–Crippen LogP) is 3.80. The molecule has 0 spiro atoms. The van der Waals surface area contributed by atoms with Crippen LogP contribution in [0.2, 0.25) is 0 Å². The summed E-state index contributed by atoms with van der Waals surface area (Å²) in [6.07, 6.45) is 6.44. The molecular weight excluding hydrogens is 203 g/mol. The van der Waals surface area contributed by atoms with Crippen LogP contribution in [0.4, 0.5) is 0 Å². The molecule has 0 nitrogen and oxygen atoms in total. The molecule has 3 unspecified atom stereocenters. The average Bonchev–Trinajstić information content (AvgIpc) is 1.99. The second-order valence-corrected chi connectivity index (χ2v) is 7.09. The van der Waals surface area contributed by atoms with Gasteiger partial charge < -0.3 is 0 Å². The highest BCUT2D eigenvalue weighted by Gasteiger charge is 2.62. The number of halogens is 2. The highest BCUT2D eigenvalue weighted by atomic mass is 35.5. The third kappa shape index (κ3) is 0.997.